The number of rotatable bonds is 8. The molecule has 1 aliphatic rings. The number of hydrogen-bond donors (Lipinski definition) is 1. The lowest BCUT2D eigenvalue weighted by molar-refractivity contribution is 0.0908. The Bertz CT molecular complexity index is 1260. The minimum atomic E-state index is -0.302. The average molecular weight is 502 g/mol. The van der Waals surface area contributed by atoms with Crippen molar-refractivity contribution in [2.24, 2.45) is 0 Å². The molecule has 4 heterocycles. The number of pyridine rings is 2. The van der Waals surface area contributed by atoms with Crippen LogP contribution in [0.15, 0.2) is 73.2 Å². The van der Waals surface area contributed by atoms with Gasteiger partial charge in [0, 0.05) is 62.9 Å². The molecule has 1 atom stereocenters. The van der Waals surface area contributed by atoms with Gasteiger partial charge >= 0.3 is 0 Å². The predicted octanol–water partition coefficient (Wildman–Crippen LogP) is 3.61. The van der Waals surface area contributed by atoms with Crippen LogP contribution in [-0.4, -0.2) is 75.6 Å². The molecule has 184 valence electrons. The van der Waals surface area contributed by atoms with Crippen molar-refractivity contribution in [2.75, 3.05) is 45.1 Å². The summed E-state index contributed by atoms with van der Waals surface area (Å²) in [7, 11) is 2.15. The lowest BCUT2D eigenvalue weighted by atomic mass is 10.1. The zero-order valence-electron chi connectivity index (χ0n) is 19.9. The van der Waals surface area contributed by atoms with Gasteiger partial charge in [0.25, 0.3) is 5.91 Å². The van der Waals surface area contributed by atoms with Crippen LogP contribution >= 0.6 is 11.3 Å². The largest absolute Gasteiger partial charge is 0.468 e. The van der Waals surface area contributed by atoms with E-state index in [2.05, 4.69) is 54.5 Å². The number of nitrogens with one attached hydrogen (secondary N) is 1. The summed E-state index contributed by atoms with van der Waals surface area (Å²) in [6.45, 7) is 4.87. The quantitative estimate of drug-likeness (QED) is 0.391. The van der Waals surface area contributed by atoms with Gasteiger partial charge in [-0.15, -0.1) is 10.2 Å². The Balaban J connectivity index is 1.23. The SMILES string of the molecule is CN1CCN(C[C@H](Oc2ccc(C(=O)Nc3nnc(-c4ccncc4)s3)cn2)c2ccccc2)CC1. The van der Waals surface area contributed by atoms with Crippen molar-refractivity contribution < 1.29 is 9.53 Å². The number of piperazine rings is 1. The molecule has 1 aromatic carbocycles. The maximum atomic E-state index is 12.7. The molecule has 0 unspecified atom stereocenters. The molecule has 0 saturated carbocycles. The van der Waals surface area contributed by atoms with E-state index in [4.69, 9.17) is 4.74 Å². The number of nitrogens with zero attached hydrogens (tertiary/aromatic N) is 6. The summed E-state index contributed by atoms with van der Waals surface area (Å²) >= 11 is 1.30. The van der Waals surface area contributed by atoms with E-state index in [1.54, 1.807) is 24.5 Å². The second-order valence-electron chi connectivity index (χ2n) is 8.61. The summed E-state index contributed by atoms with van der Waals surface area (Å²) in [6.07, 6.45) is 4.75. The number of likely N-dealkylation sites (N-methyl/N-ethyl adjacent to an activating group) is 1. The molecule has 0 spiro atoms. The number of ether oxygens (including phenoxy) is 1. The Hall–Kier alpha value is -3.73. The highest BCUT2D eigenvalue weighted by Crippen LogP contribution is 2.26. The van der Waals surface area contributed by atoms with Gasteiger partial charge < -0.3 is 9.64 Å². The van der Waals surface area contributed by atoms with Crippen LogP contribution in [0.1, 0.15) is 22.0 Å². The van der Waals surface area contributed by atoms with Crippen molar-refractivity contribution in [3.05, 3.63) is 84.3 Å². The summed E-state index contributed by atoms with van der Waals surface area (Å²) in [5, 5.41) is 12.1. The molecule has 1 N–H and O–H groups in total. The Morgan fingerprint density at radius 1 is 1.03 bits per heavy atom. The Kier molecular flexibility index (Phi) is 7.55. The molecule has 0 bridgehead atoms. The average Bonchev–Trinajstić information content (AvgIpc) is 3.39. The van der Waals surface area contributed by atoms with Crippen LogP contribution in [0.5, 0.6) is 5.88 Å². The monoisotopic (exact) mass is 501 g/mol. The highest BCUT2D eigenvalue weighted by molar-refractivity contribution is 7.18. The topological polar surface area (TPSA) is 96.4 Å². The first-order valence-electron chi connectivity index (χ1n) is 11.8. The van der Waals surface area contributed by atoms with Crippen LogP contribution in [0.25, 0.3) is 10.6 Å². The first-order valence-corrected chi connectivity index (χ1v) is 12.6. The fourth-order valence-corrected chi connectivity index (χ4v) is 4.67. The fraction of sp³-hybridized carbons (Fsp3) is 0.269. The molecule has 4 aromatic rings. The van der Waals surface area contributed by atoms with E-state index in [1.165, 1.54) is 17.5 Å². The Morgan fingerprint density at radius 3 is 2.53 bits per heavy atom. The second kappa shape index (κ2) is 11.3. The van der Waals surface area contributed by atoms with Gasteiger partial charge in [-0.05, 0) is 30.8 Å². The van der Waals surface area contributed by atoms with Crippen molar-refractivity contribution in [2.45, 2.75) is 6.10 Å². The number of aromatic nitrogens is 4. The van der Waals surface area contributed by atoms with Crippen molar-refractivity contribution in [1.82, 2.24) is 30.0 Å². The smallest absolute Gasteiger partial charge is 0.259 e. The van der Waals surface area contributed by atoms with Gasteiger partial charge in [0.15, 0.2) is 0 Å². The van der Waals surface area contributed by atoms with E-state index in [0.29, 0.717) is 21.6 Å². The number of amides is 1. The van der Waals surface area contributed by atoms with Crippen LogP contribution in [-0.2, 0) is 0 Å². The molecular formula is C26H27N7O2S. The number of carbonyl (C=O) groups is 1. The van der Waals surface area contributed by atoms with E-state index in [9.17, 15) is 4.79 Å². The van der Waals surface area contributed by atoms with E-state index in [-0.39, 0.29) is 12.0 Å². The zero-order valence-corrected chi connectivity index (χ0v) is 20.8. The molecule has 5 rings (SSSR count). The summed E-state index contributed by atoms with van der Waals surface area (Å²) in [4.78, 5) is 25.9. The van der Waals surface area contributed by atoms with Gasteiger partial charge in [-0.2, -0.15) is 0 Å². The van der Waals surface area contributed by atoms with Gasteiger partial charge in [-0.1, -0.05) is 41.7 Å². The summed E-state index contributed by atoms with van der Waals surface area (Å²) in [5.74, 6) is 0.175. The fourth-order valence-electron chi connectivity index (χ4n) is 3.93. The van der Waals surface area contributed by atoms with E-state index < -0.39 is 0 Å². The molecule has 1 amide bonds. The standard InChI is InChI=1S/C26H27N7O2S/c1-32-13-15-33(16-14-32)18-22(19-5-3-2-4-6-19)35-23-8-7-21(17-28-23)24(34)29-26-31-30-25(36-26)20-9-11-27-12-10-20/h2-12,17,22H,13-16,18H2,1H3,(H,29,31,34)/t22-/m0/s1. The van der Waals surface area contributed by atoms with Crippen molar-refractivity contribution in [3.8, 4) is 16.5 Å². The lowest BCUT2D eigenvalue weighted by Gasteiger charge is -2.34. The zero-order chi connectivity index (χ0) is 24.7. The predicted molar refractivity (Wildman–Crippen MR) is 139 cm³/mol. The van der Waals surface area contributed by atoms with Gasteiger partial charge in [-0.25, -0.2) is 4.98 Å². The Labute approximate surface area is 213 Å². The van der Waals surface area contributed by atoms with Gasteiger partial charge in [0.05, 0.1) is 5.56 Å². The van der Waals surface area contributed by atoms with Crippen molar-refractivity contribution in [1.29, 1.82) is 0 Å². The van der Waals surface area contributed by atoms with E-state index in [1.807, 2.05) is 30.3 Å². The van der Waals surface area contributed by atoms with Crippen LogP contribution in [0.2, 0.25) is 0 Å². The van der Waals surface area contributed by atoms with Gasteiger partial charge in [-0.3, -0.25) is 20.0 Å². The molecule has 36 heavy (non-hydrogen) atoms. The van der Waals surface area contributed by atoms with E-state index >= 15 is 0 Å². The van der Waals surface area contributed by atoms with Crippen molar-refractivity contribution in [3.63, 3.8) is 0 Å². The third-order valence-corrected chi connectivity index (χ3v) is 6.91. The third-order valence-electron chi connectivity index (χ3n) is 6.03. The van der Waals surface area contributed by atoms with Gasteiger partial charge in [0.1, 0.15) is 11.1 Å². The minimum absolute atomic E-state index is 0.158. The normalized spacial score (nSPS) is 15.4. The van der Waals surface area contributed by atoms with Crippen LogP contribution < -0.4 is 10.1 Å². The summed E-state index contributed by atoms with van der Waals surface area (Å²) in [5.41, 5.74) is 2.41. The second-order valence-corrected chi connectivity index (χ2v) is 9.59. The number of benzene rings is 1. The van der Waals surface area contributed by atoms with Crippen LogP contribution in [0.4, 0.5) is 5.13 Å². The number of anilines is 1. The summed E-state index contributed by atoms with van der Waals surface area (Å²) < 4.78 is 6.31. The summed E-state index contributed by atoms with van der Waals surface area (Å²) in [6, 6.07) is 17.3. The molecule has 9 nitrogen and oxygen atoms in total. The lowest BCUT2D eigenvalue weighted by Crippen LogP contribution is -2.46. The van der Waals surface area contributed by atoms with Crippen LogP contribution in [0.3, 0.4) is 0 Å². The third kappa shape index (κ3) is 6.09. The maximum absolute atomic E-state index is 12.7. The molecule has 10 heteroatoms. The molecule has 0 radical (unpaired) electrons. The molecular weight excluding hydrogens is 474 g/mol. The first kappa shape index (κ1) is 24.0. The number of hydrogen-bond acceptors (Lipinski definition) is 9. The van der Waals surface area contributed by atoms with Crippen molar-refractivity contribution >= 4 is 22.4 Å². The van der Waals surface area contributed by atoms with Gasteiger partial charge in [0.2, 0.25) is 11.0 Å². The molecule has 0 aliphatic carbocycles. The van der Waals surface area contributed by atoms with Crippen LogP contribution in [0, 0.1) is 0 Å². The molecule has 1 saturated heterocycles. The van der Waals surface area contributed by atoms with E-state index in [0.717, 1.165) is 43.9 Å². The molecule has 3 aromatic heterocycles. The molecule has 1 fully saturated rings. The number of carbonyl (C=O) groups excluding carboxylic acids is 1. The highest BCUT2D eigenvalue weighted by Gasteiger charge is 2.22. The Morgan fingerprint density at radius 2 is 1.81 bits per heavy atom. The highest BCUT2D eigenvalue weighted by atomic mass is 32.1. The first-order chi connectivity index (χ1) is 17.6. The minimum Gasteiger partial charge on any atom is -0.468 e. The maximum Gasteiger partial charge on any atom is 0.259 e. The molecule has 1 aliphatic heterocycles.